The second-order valence-corrected chi connectivity index (χ2v) is 5.84. The SMILES string of the molecule is [B]CCCN1CCCc2cc3c(CCN)cc(=O)oc3cc21. The molecule has 0 fully saturated rings. The normalized spacial score (nSPS) is 14.3. The zero-order valence-electron chi connectivity index (χ0n) is 12.8. The number of hydrogen-bond acceptors (Lipinski definition) is 4. The highest BCUT2D eigenvalue weighted by atomic mass is 16.4. The lowest BCUT2D eigenvalue weighted by Crippen LogP contribution is -2.30. The Bertz CT molecular complexity index is 726. The van der Waals surface area contributed by atoms with Crippen LogP contribution < -0.4 is 16.3 Å². The van der Waals surface area contributed by atoms with Gasteiger partial charge in [-0.05, 0) is 49.4 Å². The van der Waals surface area contributed by atoms with Crippen LogP contribution in [0.1, 0.15) is 24.0 Å². The summed E-state index contributed by atoms with van der Waals surface area (Å²) in [5, 5.41) is 1.02. The maximum atomic E-state index is 11.8. The molecule has 1 aromatic heterocycles. The van der Waals surface area contributed by atoms with E-state index in [4.69, 9.17) is 18.0 Å². The summed E-state index contributed by atoms with van der Waals surface area (Å²) in [5.74, 6) is 0. The van der Waals surface area contributed by atoms with Crippen molar-refractivity contribution in [2.45, 2.75) is 32.0 Å². The van der Waals surface area contributed by atoms with Crippen LogP contribution >= 0.6 is 0 Å². The van der Waals surface area contributed by atoms with Crippen molar-refractivity contribution < 1.29 is 4.42 Å². The van der Waals surface area contributed by atoms with Gasteiger partial charge in [-0.1, -0.05) is 6.32 Å². The third-order valence-electron chi connectivity index (χ3n) is 4.29. The molecule has 0 unspecified atom stereocenters. The second kappa shape index (κ2) is 6.57. The van der Waals surface area contributed by atoms with Crippen molar-refractivity contribution in [3.8, 4) is 0 Å². The van der Waals surface area contributed by atoms with Crippen LogP contribution in [0.4, 0.5) is 5.69 Å². The summed E-state index contributed by atoms with van der Waals surface area (Å²) in [5.41, 5.74) is 9.50. The van der Waals surface area contributed by atoms with Crippen molar-refractivity contribution in [3.63, 3.8) is 0 Å². The summed E-state index contributed by atoms with van der Waals surface area (Å²) in [6.07, 6.45) is 4.55. The van der Waals surface area contributed by atoms with E-state index in [1.165, 1.54) is 11.3 Å². The van der Waals surface area contributed by atoms with E-state index in [9.17, 15) is 4.79 Å². The lowest BCUT2D eigenvalue weighted by atomic mass is 9.96. The Kier molecular flexibility index (Phi) is 4.53. The Balaban J connectivity index is 2.10. The summed E-state index contributed by atoms with van der Waals surface area (Å²) in [6.45, 7) is 2.51. The quantitative estimate of drug-likeness (QED) is 0.677. The third kappa shape index (κ3) is 2.90. The number of anilines is 1. The molecule has 0 amide bonds. The predicted molar refractivity (Wildman–Crippen MR) is 91.0 cm³/mol. The molecule has 0 bridgehead atoms. The van der Waals surface area contributed by atoms with Gasteiger partial charge in [0.25, 0.3) is 0 Å². The predicted octanol–water partition coefficient (Wildman–Crippen LogP) is 2.02. The van der Waals surface area contributed by atoms with E-state index in [-0.39, 0.29) is 5.63 Å². The van der Waals surface area contributed by atoms with Crippen LogP contribution in [0.25, 0.3) is 11.0 Å². The Hall–Kier alpha value is -1.75. The van der Waals surface area contributed by atoms with E-state index in [2.05, 4.69) is 11.0 Å². The molecule has 0 atom stereocenters. The van der Waals surface area contributed by atoms with Crippen molar-refractivity contribution in [2.75, 3.05) is 24.5 Å². The van der Waals surface area contributed by atoms with Crippen LogP contribution in [-0.4, -0.2) is 27.5 Å². The molecule has 1 aliphatic rings. The van der Waals surface area contributed by atoms with Crippen molar-refractivity contribution in [1.82, 2.24) is 0 Å². The number of benzene rings is 1. The van der Waals surface area contributed by atoms with Crippen LogP contribution in [0.2, 0.25) is 6.32 Å². The fourth-order valence-corrected chi connectivity index (χ4v) is 3.26. The molecule has 0 saturated heterocycles. The van der Waals surface area contributed by atoms with E-state index < -0.39 is 0 Å². The maximum absolute atomic E-state index is 11.8. The largest absolute Gasteiger partial charge is 0.423 e. The van der Waals surface area contributed by atoms with Crippen molar-refractivity contribution >= 4 is 24.5 Å². The number of aryl methyl sites for hydroxylation is 1. The molecule has 22 heavy (non-hydrogen) atoms. The Morgan fingerprint density at radius 3 is 2.95 bits per heavy atom. The van der Waals surface area contributed by atoms with Crippen molar-refractivity contribution in [1.29, 1.82) is 0 Å². The van der Waals surface area contributed by atoms with Gasteiger partial charge in [-0.3, -0.25) is 0 Å². The summed E-state index contributed by atoms with van der Waals surface area (Å²) >= 11 is 0. The first-order valence-electron chi connectivity index (χ1n) is 7.97. The summed E-state index contributed by atoms with van der Waals surface area (Å²) in [6, 6.07) is 5.76. The molecular weight excluding hydrogens is 275 g/mol. The molecule has 3 rings (SSSR count). The molecule has 2 radical (unpaired) electrons. The van der Waals surface area contributed by atoms with E-state index >= 15 is 0 Å². The molecule has 2 aromatic rings. The van der Waals surface area contributed by atoms with Gasteiger partial charge in [0.15, 0.2) is 0 Å². The lowest BCUT2D eigenvalue weighted by molar-refractivity contribution is 0.558. The molecule has 0 spiro atoms. The van der Waals surface area contributed by atoms with Gasteiger partial charge < -0.3 is 15.1 Å². The highest BCUT2D eigenvalue weighted by molar-refractivity contribution is 6.08. The molecule has 0 saturated carbocycles. The van der Waals surface area contributed by atoms with Crippen LogP contribution in [0.3, 0.4) is 0 Å². The van der Waals surface area contributed by atoms with Gasteiger partial charge in [-0.2, -0.15) is 0 Å². The molecule has 2 heterocycles. The van der Waals surface area contributed by atoms with Gasteiger partial charge in [0, 0.05) is 36.3 Å². The van der Waals surface area contributed by atoms with Gasteiger partial charge >= 0.3 is 5.63 Å². The molecule has 0 aliphatic carbocycles. The molecule has 1 aromatic carbocycles. The van der Waals surface area contributed by atoms with Crippen LogP contribution in [0.5, 0.6) is 0 Å². The van der Waals surface area contributed by atoms with Crippen LogP contribution in [0, 0.1) is 0 Å². The standard InChI is InChI=1S/C17H21BN2O2/c18-5-2-8-20-7-1-3-13-9-14-12(4-6-19)10-17(21)22-16(14)11-15(13)20/h9-11H,1-8,19H2. The molecular formula is C17H21BN2O2. The third-order valence-corrected chi connectivity index (χ3v) is 4.29. The minimum absolute atomic E-state index is 0.305. The van der Waals surface area contributed by atoms with Gasteiger partial charge in [-0.15, -0.1) is 0 Å². The van der Waals surface area contributed by atoms with Crippen LogP contribution in [0.15, 0.2) is 27.4 Å². The minimum Gasteiger partial charge on any atom is -0.423 e. The van der Waals surface area contributed by atoms with Gasteiger partial charge in [-0.25, -0.2) is 4.79 Å². The lowest BCUT2D eigenvalue weighted by Gasteiger charge is -2.31. The first-order valence-corrected chi connectivity index (χ1v) is 7.97. The second-order valence-electron chi connectivity index (χ2n) is 5.84. The highest BCUT2D eigenvalue weighted by Crippen LogP contribution is 2.32. The molecule has 114 valence electrons. The number of hydrogen-bond donors (Lipinski definition) is 1. The Labute approximate surface area is 131 Å². The molecule has 5 heteroatoms. The Morgan fingerprint density at radius 2 is 2.18 bits per heavy atom. The van der Waals surface area contributed by atoms with E-state index in [0.717, 1.165) is 43.3 Å². The molecule has 1 aliphatic heterocycles. The average molecular weight is 296 g/mol. The van der Waals surface area contributed by atoms with Gasteiger partial charge in [0.2, 0.25) is 0 Å². The van der Waals surface area contributed by atoms with Gasteiger partial charge in [0.1, 0.15) is 5.58 Å². The topological polar surface area (TPSA) is 59.5 Å². The smallest absolute Gasteiger partial charge is 0.336 e. The summed E-state index contributed by atoms with van der Waals surface area (Å²) in [4.78, 5) is 14.1. The van der Waals surface area contributed by atoms with E-state index in [1.807, 2.05) is 6.07 Å². The number of nitrogens with zero attached hydrogens (tertiary/aromatic N) is 1. The first kappa shape index (κ1) is 15.2. The molecule has 4 nitrogen and oxygen atoms in total. The molecule has 2 N–H and O–H groups in total. The fourth-order valence-electron chi connectivity index (χ4n) is 3.26. The maximum Gasteiger partial charge on any atom is 0.336 e. The first-order chi connectivity index (χ1) is 10.7. The number of rotatable bonds is 5. The van der Waals surface area contributed by atoms with Crippen molar-refractivity contribution in [3.05, 3.63) is 39.7 Å². The van der Waals surface area contributed by atoms with Gasteiger partial charge in [0.05, 0.1) is 7.85 Å². The highest BCUT2D eigenvalue weighted by Gasteiger charge is 2.19. The zero-order valence-corrected chi connectivity index (χ0v) is 12.8. The van der Waals surface area contributed by atoms with Crippen molar-refractivity contribution in [2.24, 2.45) is 5.73 Å². The van der Waals surface area contributed by atoms with Crippen LogP contribution in [-0.2, 0) is 12.8 Å². The van der Waals surface area contributed by atoms with E-state index in [0.29, 0.717) is 24.9 Å². The number of nitrogens with two attached hydrogens (primary N) is 1. The summed E-state index contributed by atoms with van der Waals surface area (Å²) < 4.78 is 5.42. The minimum atomic E-state index is -0.305. The zero-order chi connectivity index (χ0) is 15.5. The monoisotopic (exact) mass is 296 g/mol. The average Bonchev–Trinajstić information content (AvgIpc) is 2.51. The Morgan fingerprint density at radius 1 is 1.32 bits per heavy atom. The van der Waals surface area contributed by atoms with E-state index in [1.54, 1.807) is 6.07 Å². The summed E-state index contributed by atoms with van der Waals surface area (Å²) in [7, 11) is 5.63. The number of fused-ring (bicyclic) bond motifs is 2. The fraction of sp³-hybridized carbons (Fsp3) is 0.471.